The van der Waals surface area contributed by atoms with E-state index in [2.05, 4.69) is 0 Å². The van der Waals surface area contributed by atoms with E-state index in [0.29, 0.717) is 12.8 Å². The molecule has 1 fully saturated rings. The molecule has 0 saturated carbocycles. The molecule has 0 spiro atoms. The largest absolute Gasteiger partial charge is 0.479 e. The number of aliphatic hydroxyl groups excluding tert-OH is 1. The number of amides is 2. The topological polar surface area (TPSA) is 156 Å². The van der Waals surface area contributed by atoms with Crippen LogP contribution in [-0.2, 0) is 9.59 Å². The van der Waals surface area contributed by atoms with Crippen molar-refractivity contribution in [2.45, 2.75) is 30.7 Å². The first-order valence-electron chi connectivity index (χ1n) is 8.28. The first-order valence-corrected chi connectivity index (χ1v) is 8.28. The zero-order valence-electron chi connectivity index (χ0n) is 14.1. The van der Waals surface area contributed by atoms with Gasteiger partial charge < -0.3 is 20.4 Å². The van der Waals surface area contributed by atoms with Crippen LogP contribution < -0.4 is 0 Å². The maximum absolute atomic E-state index is 12.6. The van der Waals surface area contributed by atoms with Gasteiger partial charge in [-0.05, 0) is 25.0 Å². The SMILES string of the molecule is O=C(O)[C@@H](O)[C@](O)(C(=O)O)N1CCCC(N2C(=O)c3ccccc3C2=O)C1. The third-order valence-electron chi connectivity index (χ3n) is 5.00. The highest BCUT2D eigenvalue weighted by Crippen LogP contribution is 2.30. The van der Waals surface area contributed by atoms with Crippen molar-refractivity contribution in [3.8, 4) is 0 Å². The van der Waals surface area contributed by atoms with E-state index < -0.39 is 41.6 Å². The maximum atomic E-state index is 12.6. The fraction of sp³-hybridized carbons (Fsp3) is 0.412. The highest BCUT2D eigenvalue weighted by atomic mass is 16.5. The van der Waals surface area contributed by atoms with E-state index >= 15 is 0 Å². The van der Waals surface area contributed by atoms with Crippen molar-refractivity contribution in [2.24, 2.45) is 0 Å². The van der Waals surface area contributed by atoms with Gasteiger partial charge in [-0.1, -0.05) is 12.1 Å². The molecule has 1 aromatic rings. The van der Waals surface area contributed by atoms with Crippen LogP contribution in [0.3, 0.4) is 0 Å². The number of piperidine rings is 1. The predicted molar refractivity (Wildman–Crippen MR) is 87.8 cm³/mol. The first-order chi connectivity index (χ1) is 12.7. The first kappa shape index (κ1) is 19.0. The Morgan fingerprint density at radius 2 is 1.67 bits per heavy atom. The molecular formula is C17H18N2O8. The van der Waals surface area contributed by atoms with Gasteiger partial charge in [0.25, 0.3) is 17.5 Å². The van der Waals surface area contributed by atoms with Gasteiger partial charge in [-0.25, -0.2) is 9.59 Å². The Bertz CT molecular complexity index is 790. The van der Waals surface area contributed by atoms with Crippen molar-refractivity contribution < 1.29 is 39.6 Å². The molecule has 1 unspecified atom stereocenters. The monoisotopic (exact) mass is 378 g/mol. The Hall–Kier alpha value is -2.82. The molecule has 0 aromatic heterocycles. The number of carbonyl (C=O) groups excluding carboxylic acids is 2. The number of imide groups is 1. The number of rotatable bonds is 5. The molecule has 2 aliphatic rings. The van der Waals surface area contributed by atoms with Crippen molar-refractivity contribution >= 4 is 23.8 Å². The second-order valence-electron chi connectivity index (χ2n) is 6.54. The van der Waals surface area contributed by atoms with Gasteiger partial charge in [0.1, 0.15) is 0 Å². The Balaban J connectivity index is 1.89. The van der Waals surface area contributed by atoms with E-state index in [9.17, 15) is 34.5 Å². The summed E-state index contributed by atoms with van der Waals surface area (Å²) in [5, 5.41) is 38.5. The Labute approximate surface area is 153 Å². The van der Waals surface area contributed by atoms with Gasteiger partial charge in [0.05, 0.1) is 17.2 Å². The molecule has 3 atom stereocenters. The Kier molecular flexibility index (Phi) is 4.72. The van der Waals surface area contributed by atoms with Crippen molar-refractivity contribution in [1.82, 2.24) is 9.80 Å². The van der Waals surface area contributed by atoms with E-state index in [1.54, 1.807) is 12.1 Å². The average Bonchev–Trinajstić information content (AvgIpc) is 2.91. The second kappa shape index (κ2) is 6.72. The highest BCUT2D eigenvalue weighted by Gasteiger charge is 2.54. The molecule has 0 aliphatic carbocycles. The van der Waals surface area contributed by atoms with E-state index in [1.807, 2.05) is 0 Å². The predicted octanol–water partition coefficient (Wildman–Crippen LogP) is -1.03. The number of benzene rings is 1. The van der Waals surface area contributed by atoms with Gasteiger partial charge in [-0.3, -0.25) is 19.4 Å². The molecule has 2 heterocycles. The Morgan fingerprint density at radius 3 is 2.15 bits per heavy atom. The number of fused-ring (bicyclic) bond motifs is 1. The van der Waals surface area contributed by atoms with E-state index in [0.717, 1.165) is 9.80 Å². The van der Waals surface area contributed by atoms with Gasteiger partial charge in [0, 0.05) is 13.1 Å². The molecule has 0 bridgehead atoms. The molecule has 3 rings (SSSR count). The standard InChI is InChI=1S/C17H18N2O8/c20-12(15(23)24)17(27,16(25)26)18-7-3-4-9(8-18)19-13(21)10-5-1-2-6-11(10)14(19)22/h1-2,5-6,9,12,20,27H,3-4,7-8H2,(H,23,24)(H,25,26)/t9?,12-,17+/m1/s1. The van der Waals surface area contributed by atoms with Crippen LogP contribution in [-0.4, -0.2) is 84.9 Å². The van der Waals surface area contributed by atoms with Crippen LogP contribution in [0.15, 0.2) is 24.3 Å². The van der Waals surface area contributed by atoms with E-state index in [4.69, 9.17) is 5.11 Å². The lowest BCUT2D eigenvalue weighted by molar-refractivity contribution is -0.219. The summed E-state index contributed by atoms with van der Waals surface area (Å²) in [5.74, 6) is -4.89. The fourth-order valence-electron chi connectivity index (χ4n) is 3.61. The number of hydrogen-bond acceptors (Lipinski definition) is 7. The van der Waals surface area contributed by atoms with Crippen LogP contribution in [0, 0.1) is 0 Å². The summed E-state index contributed by atoms with van der Waals surface area (Å²) in [4.78, 5) is 49.7. The van der Waals surface area contributed by atoms with Gasteiger partial charge >= 0.3 is 11.9 Å². The van der Waals surface area contributed by atoms with Crippen LogP contribution in [0.2, 0.25) is 0 Å². The lowest BCUT2D eigenvalue weighted by Gasteiger charge is -2.43. The molecule has 10 heteroatoms. The number of aliphatic carboxylic acids is 2. The lowest BCUT2D eigenvalue weighted by Crippen LogP contribution is -2.68. The number of likely N-dealkylation sites (tertiary alicyclic amines) is 1. The van der Waals surface area contributed by atoms with Crippen LogP contribution in [0.25, 0.3) is 0 Å². The Morgan fingerprint density at radius 1 is 1.11 bits per heavy atom. The fourth-order valence-corrected chi connectivity index (χ4v) is 3.61. The molecule has 10 nitrogen and oxygen atoms in total. The van der Waals surface area contributed by atoms with Gasteiger partial charge in [0.2, 0.25) is 6.10 Å². The molecule has 0 radical (unpaired) electrons. The molecule has 27 heavy (non-hydrogen) atoms. The summed E-state index contributed by atoms with van der Waals surface area (Å²) in [7, 11) is 0. The summed E-state index contributed by atoms with van der Waals surface area (Å²) in [6, 6.07) is 5.49. The lowest BCUT2D eigenvalue weighted by atomic mass is 9.97. The number of carboxylic acids is 2. The zero-order chi connectivity index (χ0) is 19.9. The zero-order valence-corrected chi connectivity index (χ0v) is 14.1. The van der Waals surface area contributed by atoms with Crippen molar-refractivity contribution in [2.75, 3.05) is 13.1 Å². The molecule has 2 aliphatic heterocycles. The number of carboxylic acid groups (broad SMARTS) is 2. The molecule has 2 amide bonds. The number of aliphatic hydroxyl groups is 2. The molecule has 1 aromatic carbocycles. The number of nitrogens with zero attached hydrogens (tertiary/aromatic N) is 2. The van der Waals surface area contributed by atoms with Crippen molar-refractivity contribution in [3.63, 3.8) is 0 Å². The second-order valence-corrected chi connectivity index (χ2v) is 6.54. The summed E-state index contributed by atoms with van der Waals surface area (Å²) < 4.78 is 0. The summed E-state index contributed by atoms with van der Waals surface area (Å²) in [5.41, 5.74) is -2.61. The minimum absolute atomic E-state index is 0.0210. The van der Waals surface area contributed by atoms with Gasteiger partial charge in [-0.15, -0.1) is 0 Å². The van der Waals surface area contributed by atoms with Gasteiger partial charge in [0.15, 0.2) is 0 Å². The van der Waals surface area contributed by atoms with Crippen LogP contribution in [0.5, 0.6) is 0 Å². The minimum atomic E-state index is -3.08. The normalized spacial score (nSPS) is 23.6. The number of hydrogen-bond donors (Lipinski definition) is 4. The summed E-state index contributed by atoms with van der Waals surface area (Å²) in [6.07, 6.45) is -1.95. The van der Waals surface area contributed by atoms with Gasteiger partial charge in [-0.2, -0.15) is 0 Å². The van der Waals surface area contributed by atoms with E-state index in [-0.39, 0.29) is 24.2 Å². The molecule has 4 N–H and O–H groups in total. The molecular weight excluding hydrogens is 360 g/mol. The summed E-state index contributed by atoms with van der Waals surface area (Å²) in [6.45, 7) is -0.300. The molecule has 1 saturated heterocycles. The van der Waals surface area contributed by atoms with E-state index in [1.165, 1.54) is 12.1 Å². The maximum Gasteiger partial charge on any atom is 0.355 e. The van der Waals surface area contributed by atoms with Crippen molar-refractivity contribution in [1.29, 1.82) is 0 Å². The average molecular weight is 378 g/mol. The van der Waals surface area contributed by atoms with Crippen LogP contribution in [0.1, 0.15) is 33.6 Å². The summed E-state index contributed by atoms with van der Waals surface area (Å²) >= 11 is 0. The third kappa shape index (κ3) is 2.87. The quantitative estimate of drug-likeness (QED) is 0.470. The molecule has 144 valence electrons. The number of carbonyl (C=O) groups is 4. The smallest absolute Gasteiger partial charge is 0.355 e. The minimum Gasteiger partial charge on any atom is -0.479 e. The third-order valence-corrected chi connectivity index (χ3v) is 5.00. The van der Waals surface area contributed by atoms with Crippen molar-refractivity contribution in [3.05, 3.63) is 35.4 Å². The van der Waals surface area contributed by atoms with Crippen LogP contribution in [0.4, 0.5) is 0 Å². The highest BCUT2D eigenvalue weighted by molar-refractivity contribution is 6.21. The van der Waals surface area contributed by atoms with Crippen LogP contribution >= 0.6 is 0 Å².